The smallest absolute Gasteiger partial charge is 0.325 e. The number of aromatic nitrogens is 1. The first-order valence-corrected chi connectivity index (χ1v) is 3.95. The summed E-state index contributed by atoms with van der Waals surface area (Å²) in [6.07, 6.45) is 2.70. The van der Waals surface area contributed by atoms with Crippen molar-refractivity contribution in [1.82, 2.24) is 4.98 Å². The molecule has 0 bridgehead atoms. The highest BCUT2D eigenvalue weighted by Gasteiger charge is 2.13. The molecule has 6 nitrogen and oxygen atoms in total. The number of anilines is 1. The highest BCUT2D eigenvalue weighted by Crippen LogP contribution is 2.23. The number of aliphatic carboxylic acids is 1. The van der Waals surface area contributed by atoms with Crippen molar-refractivity contribution >= 4 is 23.3 Å². The highest BCUT2D eigenvalue weighted by molar-refractivity contribution is 6.33. The van der Waals surface area contributed by atoms with Crippen molar-refractivity contribution in [1.29, 1.82) is 0 Å². The van der Waals surface area contributed by atoms with Gasteiger partial charge in [-0.25, -0.2) is 5.01 Å². The second-order valence-corrected chi connectivity index (χ2v) is 2.77. The molecule has 1 aromatic rings. The van der Waals surface area contributed by atoms with Crippen molar-refractivity contribution < 1.29 is 9.90 Å². The van der Waals surface area contributed by atoms with Gasteiger partial charge >= 0.3 is 5.97 Å². The Labute approximate surface area is 84.1 Å². The minimum Gasteiger partial charge on any atom is -0.480 e. The van der Waals surface area contributed by atoms with Gasteiger partial charge in [-0.1, -0.05) is 11.6 Å². The van der Waals surface area contributed by atoms with Crippen molar-refractivity contribution in [3.8, 4) is 0 Å². The van der Waals surface area contributed by atoms with Gasteiger partial charge in [0.15, 0.2) is 0 Å². The quantitative estimate of drug-likeness (QED) is 0.605. The maximum absolute atomic E-state index is 10.3. The molecule has 1 heterocycles. The van der Waals surface area contributed by atoms with Gasteiger partial charge in [0, 0.05) is 6.20 Å². The average molecular weight is 216 g/mol. The molecule has 0 saturated heterocycles. The summed E-state index contributed by atoms with van der Waals surface area (Å²) < 4.78 is 0. The van der Waals surface area contributed by atoms with E-state index in [1.807, 2.05) is 0 Å². The summed E-state index contributed by atoms with van der Waals surface area (Å²) in [6, 6.07) is 1.44. The second kappa shape index (κ2) is 4.52. The fourth-order valence-electron chi connectivity index (χ4n) is 0.845. The van der Waals surface area contributed by atoms with Crippen LogP contribution in [0.25, 0.3) is 0 Å². The van der Waals surface area contributed by atoms with Crippen LogP contribution in [-0.4, -0.2) is 22.6 Å². The zero-order chi connectivity index (χ0) is 10.6. The predicted octanol–water partition coefficient (Wildman–Crippen LogP) is 1.31. The Kier molecular flexibility index (Phi) is 3.35. The van der Waals surface area contributed by atoms with Crippen LogP contribution < -0.4 is 5.01 Å². The van der Waals surface area contributed by atoms with E-state index in [9.17, 15) is 9.70 Å². The number of carboxylic acids is 1. The minimum absolute atomic E-state index is 0.173. The van der Waals surface area contributed by atoms with E-state index < -0.39 is 12.5 Å². The summed E-state index contributed by atoms with van der Waals surface area (Å²) in [6.45, 7) is -0.547. The second-order valence-electron chi connectivity index (χ2n) is 2.36. The zero-order valence-corrected chi connectivity index (χ0v) is 7.68. The van der Waals surface area contributed by atoms with Crippen molar-refractivity contribution in [2.24, 2.45) is 5.29 Å². The average Bonchev–Trinajstić information content (AvgIpc) is 2.15. The maximum Gasteiger partial charge on any atom is 0.325 e. The van der Waals surface area contributed by atoms with Crippen LogP contribution in [0.3, 0.4) is 0 Å². The molecule has 14 heavy (non-hydrogen) atoms. The lowest BCUT2D eigenvalue weighted by Crippen LogP contribution is -2.24. The van der Waals surface area contributed by atoms with Gasteiger partial charge in [-0.3, -0.25) is 9.78 Å². The first-order valence-electron chi connectivity index (χ1n) is 3.57. The molecule has 0 saturated carbocycles. The van der Waals surface area contributed by atoms with Crippen LogP contribution in [0.5, 0.6) is 0 Å². The molecule has 0 radical (unpaired) electrons. The van der Waals surface area contributed by atoms with Gasteiger partial charge in [0.05, 0.1) is 16.5 Å². The molecule has 0 aliphatic rings. The van der Waals surface area contributed by atoms with Gasteiger partial charge in [-0.2, -0.15) is 0 Å². The van der Waals surface area contributed by atoms with Gasteiger partial charge in [-0.05, 0) is 6.07 Å². The maximum atomic E-state index is 10.3. The van der Waals surface area contributed by atoms with E-state index in [1.165, 1.54) is 18.5 Å². The largest absolute Gasteiger partial charge is 0.480 e. The van der Waals surface area contributed by atoms with Gasteiger partial charge < -0.3 is 5.11 Å². The third-order valence-electron chi connectivity index (χ3n) is 1.41. The van der Waals surface area contributed by atoms with Crippen molar-refractivity contribution in [2.45, 2.75) is 0 Å². The van der Waals surface area contributed by atoms with Crippen molar-refractivity contribution in [3.05, 3.63) is 28.4 Å². The Morgan fingerprint density at radius 2 is 2.43 bits per heavy atom. The fraction of sp³-hybridized carbons (Fsp3) is 0.143. The van der Waals surface area contributed by atoms with Crippen molar-refractivity contribution in [2.75, 3.05) is 11.6 Å². The van der Waals surface area contributed by atoms with E-state index in [1.54, 1.807) is 0 Å². The van der Waals surface area contributed by atoms with Crippen molar-refractivity contribution in [3.63, 3.8) is 0 Å². The highest BCUT2D eigenvalue weighted by atomic mass is 35.5. The fourth-order valence-corrected chi connectivity index (χ4v) is 1.05. The molecule has 0 spiro atoms. The molecule has 7 heteroatoms. The van der Waals surface area contributed by atoms with E-state index in [0.29, 0.717) is 0 Å². The topological polar surface area (TPSA) is 82.9 Å². The zero-order valence-electron chi connectivity index (χ0n) is 6.92. The molecule has 0 atom stereocenters. The van der Waals surface area contributed by atoms with Crippen LogP contribution in [0, 0.1) is 4.91 Å². The van der Waals surface area contributed by atoms with E-state index in [4.69, 9.17) is 16.7 Å². The van der Waals surface area contributed by atoms with Gasteiger partial charge in [0.1, 0.15) is 12.2 Å². The van der Waals surface area contributed by atoms with Crippen LogP contribution in [-0.2, 0) is 4.79 Å². The Balaban J connectivity index is 2.94. The first kappa shape index (κ1) is 10.4. The summed E-state index contributed by atoms with van der Waals surface area (Å²) in [5.74, 6) is -1.18. The minimum atomic E-state index is -1.18. The number of rotatable bonds is 4. The number of halogens is 1. The lowest BCUT2D eigenvalue weighted by molar-refractivity contribution is -0.135. The normalized spacial score (nSPS) is 9.50. The molecule has 1 aromatic heterocycles. The van der Waals surface area contributed by atoms with Crippen LogP contribution in [0.15, 0.2) is 23.7 Å². The number of carbonyl (C=O) groups is 1. The molecule has 0 aliphatic heterocycles. The lowest BCUT2D eigenvalue weighted by Gasteiger charge is -2.12. The number of nitroso groups, excluding NO2 is 1. The number of nitrogens with zero attached hydrogens (tertiary/aromatic N) is 3. The summed E-state index contributed by atoms with van der Waals surface area (Å²) in [7, 11) is 0. The monoisotopic (exact) mass is 215 g/mol. The Morgan fingerprint density at radius 3 is 2.93 bits per heavy atom. The van der Waals surface area contributed by atoms with E-state index in [0.717, 1.165) is 5.01 Å². The first-order chi connectivity index (χ1) is 6.65. The van der Waals surface area contributed by atoms with Gasteiger partial charge in [0.2, 0.25) is 0 Å². The molecular formula is C7H6ClN3O3. The molecule has 0 unspecified atom stereocenters. The van der Waals surface area contributed by atoms with Gasteiger partial charge in [0.25, 0.3) is 0 Å². The Morgan fingerprint density at radius 1 is 1.71 bits per heavy atom. The molecule has 0 fully saturated rings. The van der Waals surface area contributed by atoms with Gasteiger partial charge in [-0.15, -0.1) is 4.91 Å². The number of carboxylic acid groups (broad SMARTS) is 1. The standard InChI is InChI=1S/C7H6ClN3O3/c8-5-1-2-9-3-6(5)11(10-14)4-7(12)13/h1-3H,4H2,(H,12,13). The number of hydrogen-bond donors (Lipinski definition) is 1. The Bertz CT molecular complexity index is 358. The molecule has 0 amide bonds. The predicted molar refractivity (Wildman–Crippen MR) is 50.0 cm³/mol. The summed E-state index contributed by atoms with van der Waals surface area (Å²) in [5.41, 5.74) is 0.173. The lowest BCUT2D eigenvalue weighted by atomic mass is 10.4. The summed E-state index contributed by atoms with van der Waals surface area (Å²) in [5, 5.41) is 11.9. The van der Waals surface area contributed by atoms with E-state index in [-0.39, 0.29) is 10.7 Å². The van der Waals surface area contributed by atoms with Crippen LogP contribution in [0.2, 0.25) is 5.02 Å². The Hall–Kier alpha value is -1.69. The molecule has 74 valence electrons. The number of hydrogen-bond acceptors (Lipinski definition) is 4. The van der Waals surface area contributed by atoms with Crippen LogP contribution in [0.1, 0.15) is 0 Å². The number of pyridine rings is 1. The molecule has 0 aromatic carbocycles. The summed E-state index contributed by atoms with van der Waals surface area (Å²) >= 11 is 5.71. The SMILES string of the molecule is O=NN(CC(=O)O)c1cnccc1Cl. The molecular weight excluding hydrogens is 210 g/mol. The van der Waals surface area contributed by atoms with Crippen LogP contribution >= 0.6 is 11.6 Å². The molecule has 1 rings (SSSR count). The third-order valence-corrected chi connectivity index (χ3v) is 1.73. The molecule has 1 N–H and O–H groups in total. The summed E-state index contributed by atoms with van der Waals surface area (Å²) in [4.78, 5) is 24.4. The van der Waals surface area contributed by atoms with E-state index >= 15 is 0 Å². The van der Waals surface area contributed by atoms with E-state index in [2.05, 4.69) is 10.3 Å². The molecule has 0 aliphatic carbocycles. The van der Waals surface area contributed by atoms with Crippen LogP contribution in [0.4, 0.5) is 5.69 Å². The third kappa shape index (κ3) is 2.40.